The van der Waals surface area contributed by atoms with Crippen molar-refractivity contribution in [1.82, 2.24) is 29.1 Å². The molecule has 4 heterocycles. The molecule has 1 aliphatic rings. The molecule has 0 unspecified atom stereocenters. The Morgan fingerprint density at radius 2 is 2.07 bits per heavy atom. The monoisotopic (exact) mass is 472 g/mol. The van der Waals surface area contributed by atoms with E-state index in [9.17, 15) is 25.4 Å². The molecule has 5 N–H and O–H groups in total. The summed E-state index contributed by atoms with van der Waals surface area (Å²) < 4.78 is 9.18. The number of imidazole rings is 2. The molecule has 3 aromatic heterocycles. The number of aliphatic hydroxyl groups is 3. The number of nitro groups is 1. The average Bonchev–Trinajstić information content (AvgIpc) is 3.33. The van der Waals surface area contributed by atoms with Crippen LogP contribution in [0.4, 0.5) is 11.8 Å². The van der Waals surface area contributed by atoms with Gasteiger partial charge >= 0.3 is 168 Å². The number of aryl methyl sites for hydroxylation is 1. The molecule has 14 nitrogen and oxygen atoms in total. The van der Waals surface area contributed by atoms with Gasteiger partial charge in [0, 0.05) is 0 Å². The van der Waals surface area contributed by atoms with E-state index < -0.39 is 51.0 Å². The SMILES string of the molecule is Cn1cnc([N+](=O)[O-])c1[Se]c1nc(N)nc2c1ncn2[C@@H]1O[C@H](CO)[C@@H](O)[C@H]1O. The van der Waals surface area contributed by atoms with Crippen LogP contribution in [0, 0.1) is 10.1 Å². The van der Waals surface area contributed by atoms with E-state index in [1.54, 1.807) is 7.05 Å². The molecule has 154 valence electrons. The number of anilines is 1. The van der Waals surface area contributed by atoms with Crippen LogP contribution < -0.4 is 14.9 Å². The van der Waals surface area contributed by atoms with Gasteiger partial charge in [-0.15, -0.1) is 0 Å². The molecule has 15 heteroatoms. The fourth-order valence-corrected chi connectivity index (χ4v) is 5.06. The number of fused-ring (bicyclic) bond motifs is 1. The van der Waals surface area contributed by atoms with Crippen LogP contribution in [-0.2, 0) is 11.8 Å². The molecule has 1 fully saturated rings. The van der Waals surface area contributed by atoms with E-state index in [0.29, 0.717) is 14.7 Å². The van der Waals surface area contributed by atoms with Crippen molar-refractivity contribution >= 4 is 47.1 Å². The van der Waals surface area contributed by atoms with Gasteiger partial charge in [0.2, 0.25) is 0 Å². The molecule has 4 atom stereocenters. The number of aromatic nitrogens is 6. The van der Waals surface area contributed by atoms with Crippen LogP contribution in [0.1, 0.15) is 6.23 Å². The van der Waals surface area contributed by atoms with Crippen LogP contribution in [0.15, 0.2) is 12.7 Å². The number of nitrogen functional groups attached to an aromatic ring is 1. The second-order valence-electron chi connectivity index (χ2n) is 6.28. The Kier molecular flexibility index (Phi) is 4.93. The summed E-state index contributed by atoms with van der Waals surface area (Å²) in [6, 6.07) is 0. The van der Waals surface area contributed by atoms with E-state index in [1.807, 2.05) is 0 Å². The maximum atomic E-state index is 11.2. The van der Waals surface area contributed by atoms with Crippen LogP contribution in [0.2, 0.25) is 0 Å². The fourth-order valence-electron chi connectivity index (χ4n) is 3.02. The molecule has 0 bridgehead atoms. The minimum absolute atomic E-state index is 0.0901. The van der Waals surface area contributed by atoms with Gasteiger partial charge in [0.25, 0.3) is 0 Å². The van der Waals surface area contributed by atoms with Crippen molar-refractivity contribution < 1.29 is 25.0 Å². The molecule has 3 aromatic rings. The number of hydrogen-bond donors (Lipinski definition) is 4. The average molecular weight is 471 g/mol. The van der Waals surface area contributed by atoms with Gasteiger partial charge < -0.3 is 0 Å². The minimum atomic E-state index is -1.33. The van der Waals surface area contributed by atoms with Gasteiger partial charge in [0.05, 0.1) is 0 Å². The molecule has 0 spiro atoms. The van der Waals surface area contributed by atoms with Crippen molar-refractivity contribution in [1.29, 1.82) is 0 Å². The van der Waals surface area contributed by atoms with Crippen molar-refractivity contribution in [2.24, 2.45) is 7.05 Å². The first-order valence-electron chi connectivity index (χ1n) is 8.28. The Bertz CT molecular complexity index is 1090. The summed E-state index contributed by atoms with van der Waals surface area (Å²) in [6.45, 7) is -0.475. The van der Waals surface area contributed by atoms with Gasteiger partial charge in [-0.3, -0.25) is 0 Å². The van der Waals surface area contributed by atoms with Crippen LogP contribution in [-0.4, -0.2) is 89.2 Å². The Labute approximate surface area is 168 Å². The third-order valence-electron chi connectivity index (χ3n) is 4.43. The molecule has 1 saturated heterocycles. The summed E-state index contributed by atoms with van der Waals surface area (Å²) in [4.78, 5) is 27.0. The Morgan fingerprint density at radius 3 is 2.72 bits per heavy atom. The summed E-state index contributed by atoms with van der Waals surface area (Å²) in [5.74, 6) is -0.367. The van der Waals surface area contributed by atoms with Gasteiger partial charge in [-0.25, -0.2) is 0 Å². The summed E-state index contributed by atoms with van der Waals surface area (Å²) in [6.07, 6.45) is -1.94. The first-order valence-corrected chi connectivity index (χ1v) is 9.99. The predicted molar refractivity (Wildman–Crippen MR) is 97.6 cm³/mol. The molecule has 1 aliphatic heterocycles. The first kappa shape index (κ1) is 19.6. The third-order valence-corrected chi connectivity index (χ3v) is 6.82. The molecule has 0 amide bonds. The number of ether oxygens (including phenoxy) is 1. The van der Waals surface area contributed by atoms with E-state index >= 15 is 0 Å². The summed E-state index contributed by atoms with van der Waals surface area (Å²) >= 11 is -0.676. The molecule has 0 radical (unpaired) electrons. The Morgan fingerprint density at radius 1 is 1.31 bits per heavy atom. The van der Waals surface area contributed by atoms with Gasteiger partial charge in [-0.2, -0.15) is 0 Å². The number of rotatable bonds is 5. The van der Waals surface area contributed by atoms with Crippen molar-refractivity contribution in [3.8, 4) is 0 Å². The van der Waals surface area contributed by atoms with Gasteiger partial charge in [-0.05, 0) is 0 Å². The van der Waals surface area contributed by atoms with E-state index in [0.717, 1.165) is 0 Å². The van der Waals surface area contributed by atoms with Gasteiger partial charge in [0.15, 0.2) is 0 Å². The van der Waals surface area contributed by atoms with Crippen molar-refractivity contribution in [3.05, 3.63) is 22.8 Å². The van der Waals surface area contributed by atoms with Gasteiger partial charge in [-0.1, -0.05) is 0 Å². The number of nitrogens with two attached hydrogens (primary N) is 1. The van der Waals surface area contributed by atoms with Crippen LogP contribution in [0.3, 0.4) is 0 Å². The normalized spacial score (nSPS) is 24.4. The van der Waals surface area contributed by atoms with Gasteiger partial charge in [0.1, 0.15) is 0 Å². The quantitative estimate of drug-likeness (QED) is 0.162. The Balaban J connectivity index is 1.77. The zero-order chi connectivity index (χ0) is 20.9. The fraction of sp³-hybridized carbons (Fsp3) is 0.429. The van der Waals surface area contributed by atoms with Crippen molar-refractivity contribution in [2.75, 3.05) is 12.3 Å². The van der Waals surface area contributed by atoms with Crippen LogP contribution in [0.5, 0.6) is 0 Å². The zero-order valence-electron chi connectivity index (χ0n) is 14.9. The van der Waals surface area contributed by atoms with Crippen molar-refractivity contribution in [2.45, 2.75) is 24.5 Å². The molecular formula is C14H16N8O6Se. The van der Waals surface area contributed by atoms with Crippen LogP contribution in [0.25, 0.3) is 11.2 Å². The van der Waals surface area contributed by atoms with Crippen LogP contribution >= 0.6 is 0 Å². The molecular weight excluding hydrogens is 455 g/mol. The van der Waals surface area contributed by atoms with E-state index in [4.69, 9.17) is 10.5 Å². The Hall–Kier alpha value is -2.68. The second kappa shape index (κ2) is 7.29. The maximum absolute atomic E-state index is 11.2. The van der Waals surface area contributed by atoms with E-state index in [2.05, 4.69) is 19.9 Å². The topological polar surface area (TPSA) is 200 Å². The first-order chi connectivity index (χ1) is 13.8. The molecule has 0 aliphatic carbocycles. The predicted octanol–water partition coefficient (Wildman–Crippen LogP) is -3.68. The summed E-state index contributed by atoms with van der Waals surface area (Å²) in [5, 5.41) is 40.8. The summed E-state index contributed by atoms with van der Waals surface area (Å²) in [5.41, 5.74) is 6.39. The molecule has 0 saturated carbocycles. The zero-order valence-corrected chi connectivity index (χ0v) is 16.6. The van der Waals surface area contributed by atoms with E-state index in [1.165, 1.54) is 21.8 Å². The second-order valence-corrected chi connectivity index (χ2v) is 8.33. The van der Waals surface area contributed by atoms with Crippen molar-refractivity contribution in [3.63, 3.8) is 0 Å². The molecule has 4 rings (SSSR count). The number of nitrogens with zero attached hydrogens (tertiary/aromatic N) is 7. The van der Waals surface area contributed by atoms with E-state index in [-0.39, 0.29) is 17.4 Å². The third kappa shape index (κ3) is 3.23. The molecule has 0 aromatic carbocycles. The molecule has 29 heavy (non-hydrogen) atoms. The standard InChI is InChI=1S/C14H16N8O6Se/c1-20-3-17-10(22(26)27)13(20)29-11-6-9(18-14(15)19-11)21(4-16-6)12-8(25)7(24)5(2-23)28-12/h3-5,7-8,12,23-25H,2H2,1H3,(H2,15,18,19)/t5-,7-,8-,12-/m1/s1. The number of aliphatic hydroxyl groups excluding tert-OH is 3. The summed E-state index contributed by atoms with van der Waals surface area (Å²) in [7, 11) is 1.64. The number of hydrogen-bond acceptors (Lipinski definition) is 11.